The number of carbonyl (C=O) groups excluding carboxylic acids is 2. The first-order valence-electron chi connectivity index (χ1n) is 48.5. The summed E-state index contributed by atoms with van der Waals surface area (Å²) < 4.78 is 132. The Morgan fingerprint density at radius 3 is 0.158 bits per heavy atom. The molecule has 36 nitrogen and oxygen atoms in total. The number of carboxylic acids is 2. The van der Waals surface area contributed by atoms with Crippen LogP contribution in [-0.2, 0) is 116 Å². The molecular formula is C98H216O36Si8Yb4. The molecule has 0 fully saturated rings. The molecule has 912 valence electrons. The first kappa shape index (κ1) is 179. The Hall–Kier alpha value is 5.47. The van der Waals surface area contributed by atoms with Crippen LogP contribution in [0.3, 0.4) is 0 Å². The Morgan fingerprint density at radius 1 is 0.116 bits per heavy atom. The van der Waals surface area contributed by atoms with Crippen molar-refractivity contribution in [3.8, 4) is 0 Å². The quantitative estimate of drug-likeness (QED) is 0.0639. The monoisotopic (exact) mass is 2890 g/mol. The number of carbonyl (C=O) groups is 2. The van der Waals surface area contributed by atoms with Crippen LogP contribution in [0.4, 0.5) is 0 Å². The Bertz CT molecular complexity index is 2520. The maximum atomic E-state index is 12.6. The van der Waals surface area contributed by atoms with Crippen molar-refractivity contribution in [1.29, 1.82) is 0 Å². The minimum atomic E-state index is -3.91. The van der Waals surface area contributed by atoms with E-state index in [1.807, 2.05) is 499 Å². The molecule has 0 bridgehead atoms. The fraction of sp³-hybridized carbons (Fsp3) is 0.980. The summed E-state index contributed by atoms with van der Waals surface area (Å²) in [6.45, 7) is 131. The third-order valence-electron chi connectivity index (χ3n) is 10.5. The van der Waals surface area contributed by atoms with Crippen LogP contribution in [0, 0.1) is 188 Å². The van der Waals surface area contributed by atoms with Gasteiger partial charge in [0, 0.05) is 0 Å². The summed E-state index contributed by atoms with van der Waals surface area (Å²) in [4.78, 5) is 119. The van der Waals surface area contributed by atoms with Gasteiger partial charge >= 0.3 is 260 Å². The van der Waals surface area contributed by atoms with E-state index in [1.165, 1.54) is 0 Å². The molecule has 0 heterocycles. The van der Waals surface area contributed by atoms with Crippen LogP contribution >= 0.6 is 0 Å². The van der Waals surface area contributed by atoms with E-state index in [1.54, 1.807) is 0 Å². The van der Waals surface area contributed by atoms with E-state index in [0.717, 1.165) is 0 Å². The molecule has 0 atom stereocenters. The second-order valence-electron chi connectivity index (χ2n) is 57.7. The third kappa shape index (κ3) is 140. The zero-order chi connectivity index (χ0) is 118. The zero-order valence-electron chi connectivity index (χ0n) is 105. The predicted molar refractivity (Wildman–Crippen MR) is 556 cm³/mol. The van der Waals surface area contributed by atoms with Crippen molar-refractivity contribution in [3.05, 3.63) is 0 Å². The molecule has 0 saturated carbocycles. The molecule has 0 aliphatic heterocycles. The van der Waals surface area contributed by atoms with Crippen molar-refractivity contribution in [3.63, 3.8) is 0 Å². The summed E-state index contributed by atoms with van der Waals surface area (Å²) in [7, 11) is -31.2. The molecule has 0 N–H and O–H groups in total. The van der Waals surface area contributed by atoms with Gasteiger partial charge in [0.05, 0.1) is 146 Å². The Morgan fingerprint density at radius 2 is 0.144 bits per heavy atom. The Kier molecular flexibility index (Phi) is 79.6. The summed E-state index contributed by atoms with van der Waals surface area (Å²) in [6, 6.07) is 0. The van der Waals surface area contributed by atoms with Crippen molar-refractivity contribution >= 4 is 84.3 Å². The average Bonchev–Trinajstić information content (AvgIpc) is 0.856. The molecule has 0 saturated heterocycles. The molecular weight excluding hydrogens is 2670 g/mol. The van der Waals surface area contributed by atoms with E-state index >= 15 is 0 Å². The van der Waals surface area contributed by atoms with Gasteiger partial charge in [-0.25, -0.2) is 0 Å². The van der Waals surface area contributed by atoms with E-state index in [0.29, 0.717) is 0 Å². The predicted octanol–water partition coefficient (Wildman–Crippen LogP) is 14.3. The maximum absolute atomic E-state index is 12.6. The summed E-state index contributed by atoms with van der Waals surface area (Å²) in [5.41, 5.74) is -13.9. The van der Waals surface area contributed by atoms with Gasteiger partial charge in [-0.1, -0.05) is 0 Å². The SMILES string of the molecule is CC(C)(C)O[Si]([O-])(OC(C)(C)C)OC(C)(C)C.CC(C)(C)O[Si]([O-])(OC(C)(C)C)OC(C)(C)C.CC(C)(C)O[Si]([O-])(OC(C)(C)C)OC(C)(C)C.CC(C)(C)O[Si]([O-])(OC(C)(C)C)OC(C)(C)C.CC(C)(C)O[Si]([O-])(OC(C)(C)C)OC(C)(C)C.CC(C)(C)O[Si]([O-])(OC(C)(C)C)OC(C)(C)C.CC(C)(C)O[Si]([O-])(OC(C)(C)C)OC(C)(C)C.CC(C)(C)O[Si]([O-])(OC(C)(C)C)OC(C)(C)C.O=C([O-])C(=O)[O-].[Yb+2].[Yb+2].[Yb+3].[Yb+3]. The number of aliphatic carboxylic acids is 2. The molecule has 0 amide bonds. The first-order chi connectivity index (χ1) is 59.6. The van der Waals surface area contributed by atoms with Crippen LogP contribution in [-0.4, -0.2) is 219 Å². The van der Waals surface area contributed by atoms with Gasteiger partial charge < -0.3 is 164 Å². The smallest absolute Gasteiger partial charge is 0.793 e. The summed E-state index contributed by atoms with van der Waals surface area (Å²) >= 11 is 0. The molecule has 0 aliphatic carbocycles. The third-order valence-corrected chi connectivity index (χ3v) is 31.2. The van der Waals surface area contributed by atoms with Crippen LogP contribution in [0.15, 0.2) is 0 Å². The molecule has 0 aromatic rings. The van der Waals surface area contributed by atoms with Gasteiger partial charge in [0.1, 0.15) is 0 Å². The average molecular weight is 2890 g/mol. The van der Waals surface area contributed by atoms with Gasteiger partial charge in [-0.3, -0.25) is 0 Å². The Balaban J connectivity index is -0.000000124. The summed E-state index contributed by atoms with van der Waals surface area (Å²) in [6.07, 6.45) is 0. The molecule has 0 rings (SSSR count). The second-order valence-corrected chi connectivity index (χ2v) is 70.6. The molecule has 0 aromatic heterocycles. The molecule has 0 aromatic carbocycles. The fourth-order valence-corrected chi connectivity index (χ4v) is 28.5. The van der Waals surface area contributed by atoms with Gasteiger partial charge in [0.2, 0.25) is 0 Å². The van der Waals surface area contributed by atoms with Crippen LogP contribution in [0.2, 0.25) is 0 Å². The van der Waals surface area contributed by atoms with Gasteiger partial charge in [-0.15, -0.1) is 0 Å². The van der Waals surface area contributed by atoms with Crippen molar-refractivity contribution in [2.24, 2.45) is 0 Å². The first-order valence-corrected chi connectivity index (χ1v) is 61.6. The number of rotatable bonds is 24. The van der Waals surface area contributed by atoms with E-state index in [9.17, 15) is 38.4 Å². The van der Waals surface area contributed by atoms with E-state index in [2.05, 4.69) is 0 Å². The number of carboxylic acid groups (broad SMARTS) is 2. The minimum absolute atomic E-state index is 0. The van der Waals surface area contributed by atoms with Gasteiger partial charge in [0.15, 0.2) is 0 Å². The topological polar surface area (TPSA) is 486 Å². The molecule has 0 unspecified atom stereocenters. The van der Waals surface area contributed by atoms with Gasteiger partial charge in [0.25, 0.3) is 0 Å². The largest absolute Gasteiger partial charge is 3.00 e. The van der Waals surface area contributed by atoms with Crippen LogP contribution < -0.4 is 48.6 Å². The molecule has 0 aliphatic rings. The van der Waals surface area contributed by atoms with Crippen molar-refractivity contribution in [2.75, 3.05) is 0 Å². The minimum Gasteiger partial charge on any atom is -0.793 e. The standard InChI is InChI=1S/8C12H27O4Si.C2H2O4.4Yb/c8*1-10(2,3)14-17(13,15-11(4,5)6)16-12(7,8)9;3-1(4)2(5)6;;;;/h8*1-9H3;(H,3,4)(H,5,6);;;;/q8*-1;;2*+2;2*+3/p-2. The molecule has 48 heteroatoms. The summed E-state index contributed by atoms with van der Waals surface area (Å²) in [5.74, 6) is -4.37. The number of hydrogen-bond acceptors (Lipinski definition) is 36. The zero-order valence-corrected chi connectivity index (χ0v) is 120. The van der Waals surface area contributed by atoms with Crippen molar-refractivity contribution in [1.82, 2.24) is 0 Å². The van der Waals surface area contributed by atoms with E-state index < -0.39 is 219 Å². The van der Waals surface area contributed by atoms with Gasteiger partial charge in [-0.05, 0) is 499 Å². The molecule has 2 radical (unpaired) electrons. The van der Waals surface area contributed by atoms with Gasteiger partial charge in [-0.2, -0.15) is 0 Å². The van der Waals surface area contributed by atoms with Crippen molar-refractivity contribution in [2.45, 2.75) is 633 Å². The van der Waals surface area contributed by atoms with E-state index in [-0.39, 0.29) is 188 Å². The Labute approximate surface area is 1060 Å². The second kappa shape index (κ2) is 65.0. The maximum Gasteiger partial charge on any atom is 3.00 e. The van der Waals surface area contributed by atoms with Crippen LogP contribution in [0.5, 0.6) is 0 Å². The fourth-order valence-electron chi connectivity index (χ4n) is 9.50. The number of hydrogen-bond donors (Lipinski definition) is 0. The molecule has 146 heavy (non-hydrogen) atoms. The van der Waals surface area contributed by atoms with Crippen molar-refractivity contribution < 1.29 is 352 Å². The molecule has 0 spiro atoms. The van der Waals surface area contributed by atoms with Crippen LogP contribution in [0.1, 0.15) is 499 Å². The van der Waals surface area contributed by atoms with Crippen LogP contribution in [0.25, 0.3) is 0 Å². The summed E-state index contributed by atoms with van der Waals surface area (Å²) in [5, 5.41) is 17.9. The van der Waals surface area contributed by atoms with E-state index in [4.69, 9.17) is 126 Å². The normalized spacial score (nSPS) is 14.4.